The zero-order valence-corrected chi connectivity index (χ0v) is 65.5. The summed E-state index contributed by atoms with van der Waals surface area (Å²) in [5.74, 6) is -19.6. The molecular weight excluding hydrogens is 1590 g/mol. The average Bonchev–Trinajstić information content (AvgIpc) is 1.09. The highest BCUT2D eigenvalue weighted by Gasteiger charge is 2.46. The normalized spacial score (nSPS) is 19.1. The van der Waals surface area contributed by atoms with Crippen molar-refractivity contribution in [1.29, 1.82) is 0 Å². The Kier molecular flexibility index (Phi) is 43.1. The maximum absolute atomic E-state index is 14.6. The largest absolute Gasteiger partial charge is 0.481 e. The molecule has 3 heterocycles. The molecule has 0 aliphatic carbocycles. The summed E-state index contributed by atoms with van der Waals surface area (Å²) >= 11 is 1.23. The number of nitrogens with two attached hydrogens (primary N) is 4. The highest BCUT2D eigenvalue weighted by Crippen LogP contribution is 2.25. The minimum Gasteiger partial charge on any atom is -0.481 e. The monoisotopic (exact) mass is 1690 g/mol. The van der Waals surface area contributed by atoms with Gasteiger partial charge in [-0.1, -0.05) is 30.3 Å². The number of ether oxygens (including phenoxy) is 2. The van der Waals surface area contributed by atoms with Crippen LogP contribution in [0, 0.1) is 0 Å². The van der Waals surface area contributed by atoms with E-state index < -0.39 is 301 Å². The first-order valence-corrected chi connectivity index (χ1v) is 38.5. The second kappa shape index (κ2) is 51.2. The number of aliphatic hydroxyl groups is 5. The van der Waals surface area contributed by atoms with E-state index >= 15 is 0 Å². The lowest BCUT2D eigenvalue weighted by molar-refractivity contribution is -0.310. The molecule has 0 bridgehead atoms. The Morgan fingerprint density at radius 2 is 1.06 bits per heavy atom. The van der Waals surface area contributed by atoms with E-state index in [9.17, 15) is 127 Å². The number of aromatic nitrogens is 1. The predicted molar refractivity (Wildman–Crippen MR) is 406 cm³/mol. The highest BCUT2D eigenvalue weighted by atomic mass is 32.1. The van der Waals surface area contributed by atoms with Gasteiger partial charge in [-0.3, -0.25) is 81.5 Å². The van der Waals surface area contributed by atoms with Gasteiger partial charge in [-0.15, -0.1) is 11.3 Å². The standard InChI is InChI=1S/C70H107N19O28S/c1-34(80-66(111)45(83-49(93)26-73)24-37-32-118-33-79-37)60(105)75-27-52(96)84-44(23-36-9-4-3-5-10-36)67(112)86-40(14-13-38(25-72)116-70-59(104)58(103)57(102)47(31-90)117-70)62(107)77-29-50(94)81-42(16-19-54(98)99)64(109)85-41(15-18-48(74)92)63(108)78-30-53(97)89-22-8-12-46(89)68(113)87-39(11-6-7-21-71)61(106)76-28-51(95)82-43(17-20-55(100)101)65(110)88-56(35(2)91)69(114)115/h3-5,9-10,32-35,38-47,56-59,70,90-91,102-104H,6-8,11-31,71-73H2,1-2H3,(H2,74,92)(H,75,105)(H,76,106)(H,77,107)(H,78,108)(H,80,111)(H,81,94)(H,82,95)(H,83,93)(H,84,96)(H,85,109)(H,86,112)(H,87,113)(H,88,110)(H,98,99)(H,100,101)(H,114,115)/t34-,35+,38+,39-,40-,41-,42-,43-,44-,45-,46-,47+,56-,57-,58-,59+,70+/m0/s1. The average molecular weight is 1690 g/mol. The molecule has 0 spiro atoms. The van der Waals surface area contributed by atoms with E-state index in [4.69, 9.17) is 32.4 Å². The van der Waals surface area contributed by atoms with Crippen molar-refractivity contribution in [1.82, 2.24) is 79.0 Å². The molecule has 1 aromatic heterocycles. The number of rotatable bonds is 53. The molecule has 47 nitrogen and oxygen atoms in total. The van der Waals surface area contributed by atoms with Crippen LogP contribution in [0.25, 0.3) is 0 Å². The SMILES string of the molecule is C[C@H](NC(=O)[C@H](Cc1cscn1)NC(=O)CN)C(=O)NCC(=O)N[C@@H](Cc1ccccc1)C(=O)N[C@@H](CC[C@H](CN)O[C@@H]1O[C@H](CO)[C@H](O)[C@H](O)[C@H]1O)C(=O)NCC(=O)N[C@@H](CCC(=O)O)C(=O)N[C@@H](CCC(N)=O)C(=O)NCC(=O)N1CCC[C@H]1C(=O)N[C@@H](CCCCN)C(=O)NCC(=O)N[C@@H](CCC(=O)O)C(=O)N[C@H](C(=O)O)[C@@H](C)O. The summed E-state index contributed by atoms with van der Waals surface area (Å²) in [5.41, 5.74) is 24.9. The highest BCUT2D eigenvalue weighted by molar-refractivity contribution is 7.07. The molecule has 2 saturated heterocycles. The topological polar surface area (TPSA) is 764 Å². The smallest absolute Gasteiger partial charge is 0.328 e. The number of carbonyl (C=O) groups is 18. The molecule has 4 rings (SSSR count). The van der Waals surface area contributed by atoms with E-state index in [1.165, 1.54) is 23.8 Å². The summed E-state index contributed by atoms with van der Waals surface area (Å²) in [6.07, 6.45) is -15.9. The first-order valence-electron chi connectivity index (χ1n) is 37.6. The van der Waals surface area contributed by atoms with Gasteiger partial charge < -0.3 is 147 Å². The second-order valence-electron chi connectivity index (χ2n) is 27.6. The number of primary amides is 1. The Labute approximate surface area is 678 Å². The lowest BCUT2D eigenvalue weighted by Gasteiger charge is -2.40. The van der Waals surface area contributed by atoms with Crippen LogP contribution in [0.1, 0.15) is 109 Å². The molecular formula is C70H107N19O28S. The van der Waals surface area contributed by atoms with Gasteiger partial charge in [0.05, 0.1) is 62.7 Å². The molecule has 48 heteroatoms. The number of carboxylic acids is 3. The minimum absolute atomic E-state index is 0.0277. The van der Waals surface area contributed by atoms with Crippen molar-refractivity contribution in [2.45, 2.75) is 213 Å². The fourth-order valence-corrected chi connectivity index (χ4v) is 12.5. The molecule has 2 aliphatic rings. The van der Waals surface area contributed by atoms with Gasteiger partial charge >= 0.3 is 17.9 Å². The third kappa shape index (κ3) is 34.6. The summed E-state index contributed by atoms with van der Waals surface area (Å²) in [6, 6.07) is -7.61. The molecule has 29 N–H and O–H groups in total. The molecule has 2 aromatic rings. The third-order valence-electron chi connectivity index (χ3n) is 18.4. The Balaban J connectivity index is 1.51. The molecule has 2 aliphatic heterocycles. The molecule has 2 fully saturated rings. The number of aliphatic hydroxyl groups excluding tert-OH is 5. The zero-order valence-electron chi connectivity index (χ0n) is 64.7. The number of unbranched alkanes of at least 4 members (excludes halogenated alkanes) is 1. The van der Waals surface area contributed by atoms with Crippen LogP contribution in [0.15, 0.2) is 41.2 Å². The minimum atomic E-state index is -1.92. The Morgan fingerprint density at radius 1 is 0.559 bits per heavy atom. The predicted octanol–water partition coefficient (Wildman–Crippen LogP) is -11.8. The van der Waals surface area contributed by atoms with E-state index in [0.717, 1.165) is 11.8 Å². The fourth-order valence-electron chi connectivity index (χ4n) is 11.9. The van der Waals surface area contributed by atoms with Crippen molar-refractivity contribution >= 4 is 118 Å². The van der Waals surface area contributed by atoms with E-state index in [2.05, 4.69) is 68.8 Å². The van der Waals surface area contributed by atoms with Gasteiger partial charge in [-0.25, -0.2) is 9.78 Å². The number of carboxylic acid groups (broad SMARTS) is 3. The van der Waals surface area contributed by atoms with Gasteiger partial charge in [0.15, 0.2) is 12.3 Å². The lowest BCUT2D eigenvalue weighted by Crippen LogP contribution is -2.60. The molecule has 0 radical (unpaired) electrons. The van der Waals surface area contributed by atoms with Crippen LogP contribution in [-0.2, 0) is 109 Å². The number of benzene rings is 1. The fraction of sp³-hybridized carbons (Fsp3) is 0.614. The van der Waals surface area contributed by atoms with Crippen molar-refractivity contribution in [3.05, 3.63) is 52.5 Å². The van der Waals surface area contributed by atoms with Crippen molar-refractivity contribution in [3.63, 3.8) is 0 Å². The van der Waals surface area contributed by atoms with Gasteiger partial charge in [0.1, 0.15) is 78.8 Å². The number of likely N-dealkylation sites (tertiary alicyclic amines) is 1. The molecule has 17 atom stereocenters. The van der Waals surface area contributed by atoms with Crippen LogP contribution >= 0.6 is 11.3 Å². The molecule has 0 unspecified atom stereocenters. The number of carbonyl (C=O) groups excluding carboxylic acids is 15. The van der Waals surface area contributed by atoms with Crippen molar-refractivity contribution in [2.24, 2.45) is 22.9 Å². The van der Waals surface area contributed by atoms with Crippen molar-refractivity contribution in [2.75, 3.05) is 59.0 Å². The van der Waals surface area contributed by atoms with Gasteiger partial charge in [0, 0.05) is 50.6 Å². The van der Waals surface area contributed by atoms with Gasteiger partial charge in [-0.2, -0.15) is 0 Å². The van der Waals surface area contributed by atoms with Crippen LogP contribution in [0.4, 0.5) is 0 Å². The Morgan fingerprint density at radius 3 is 1.58 bits per heavy atom. The van der Waals surface area contributed by atoms with E-state index in [0.29, 0.717) is 17.7 Å². The maximum Gasteiger partial charge on any atom is 0.328 e. The van der Waals surface area contributed by atoms with Gasteiger partial charge in [0.25, 0.3) is 0 Å². The van der Waals surface area contributed by atoms with Gasteiger partial charge in [0.2, 0.25) is 88.6 Å². The van der Waals surface area contributed by atoms with Crippen LogP contribution in [0.2, 0.25) is 0 Å². The summed E-state index contributed by atoms with van der Waals surface area (Å²) < 4.78 is 11.3. The third-order valence-corrected chi connectivity index (χ3v) is 19.0. The first-order chi connectivity index (χ1) is 55.9. The van der Waals surface area contributed by atoms with E-state index in [-0.39, 0.29) is 58.0 Å². The summed E-state index contributed by atoms with van der Waals surface area (Å²) in [6.45, 7) is -2.86. The summed E-state index contributed by atoms with van der Waals surface area (Å²) in [4.78, 5) is 243. The first kappa shape index (κ1) is 99.3. The Bertz CT molecular complexity index is 3760. The zero-order chi connectivity index (χ0) is 87.9. The number of nitrogens with zero attached hydrogens (tertiary/aromatic N) is 2. The lowest BCUT2D eigenvalue weighted by atomic mass is 9.99. The van der Waals surface area contributed by atoms with Crippen molar-refractivity contribution in [3.8, 4) is 0 Å². The van der Waals surface area contributed by atoms with E-state index in [1.807, 2.05) is 5.32 Å². The molecule has 15 amide bonds. The van der Waals surface area contributed by atoms with Crippen molar-refractivity contribution < 1.29 is 137 Å². The summed E-state index contributed by atoms with van der Waals surface area (Å²) in [7, 11) is 0. The second-order valence-corrected chi connectivity index (χ2v) is 28.3. The van der Waals surface area contributed by atoms with Crippen LogP contribution in [-0.4, -0.2) is 320 Å². The number of aliphatic carboxylic acids is 3. The number of hydrogen-bond donors (Lipinski definition) is 25. The number of nitrogens with one attached hydrogen (secondary N) is 13. The van der Waals surface area contributed by atoms with Crippen LogP contribution in [0.3, 0.4) is 0 Å². The molecule has 656 valence electrons. The maximum atomic E-state index is 14.6. The van der Waals surface area contributed by atoms with Crippen LogP contribution in [0.5, 0.6) is 0 Å². The Hall–Kier alpha value is -11.1. The van der Waals surface area contributed by atoms with E-state index in [1.54, 1.807) is 35.7 Å². The summed E-state index contributed by atoms with van der Waals surface area (Å²) in [5, 5.41) is 112. The molecule has 1 aromatic carbocycles. The van der Waals surface area contributed by atoms with Gasteiger partial charge in [-0.05, 0) is 90.2 Å². The number of hydrogen-bond acceptors (Lipinski definition) is 30. The van der Waals surface area contributed by atoms with Crippen LogP contribution < -0.4 is 92.1 Å². The number of thiazole rings is 1. The molecule has 0 saturated carbocycles. The number of amides is 15. The molecule has 118 heavy (non-hydrogen) atoms. The quantitative estimate of drug-likeness (QED) is 0.0274.